The molecule has 37 heavy (non-hydrogen) atoms. The number of thioether (sulfide) groups is 1. The summed E-state index contributed by atoms with van der Waals surface area (Å²) in [5, 5.41) is 11.3. The Balaban J connectivity index is 1.57. The highest BCUT2D eigenvalue weighted by molar-refractivity contribution is 8.18. The Morgan fingerprint density at radius 1 is 1.03 bits per heavy atom. The van der Waals surface area contributed by atoms with Crippen molar-refractivity contribution in [3.8, 4) is 6.07 Å². The zero-order valence-corrected chi connectivity index (χ0v) is 21.5. The third-order valence-electron chi connectivity index (χ3n) is 6.41. The average molecular weight is 507 g/mol. The van der Waals surface area contributed by atoms with E-state index in [9.17, 15) is 10.1 Å². The SMILES string of the molecule is COCCN1C(=O)C(=Cc2c(C)n(Cc3ccccc3C#N)c3ccccc23)SC1=Nc1ccccc1. The van der Waals surface area contributed by atoms with E-state index in [4.69, 9.17) is 9.73 Å². The van der Waals surface area contributed by atoms with E-state index in [-0.39, 0.29) is 5.91 Å². The number of methoxy groups -OCH3 is 1. The molecule has 184 valence electrons. The van der Waals surface area contributed by atoms with Gasteiger partial charge in [-0.15, -0.1) is 0 Å². The van der Waals surface area contributed by atoms with Crippen molar-refractivity contribution in [1.82, 2.24) is 9.47 Å². The van der Waals surface area contributed by atoms with Crippen LogP contribution in [-0.2, 0) is 16.1 Å². The zero-order chi connectivity index (χ0) is 25.8. The second-order valence-electron chi connectivity index (χ2n) is 8.66. The number of aliphatic imine (C=N–C) groups is 1. The first-order chi connectivity index (χ1) is 18.1. The molecule has 0 spiro atoms. The number of carbonyl (C=O) groups excluding carboxylic acids is 1. The van der Waals surface area contributed by atoms with Gasteiger partial charge in [-0.2, -0.15) is 5.26 Å². The predicted molar refractivity (Wildman–Crippen MR) is 150 cm³/mol. The molecular weight excluding hydrogens is 480 g/mol. The lowest BCUT2D eigenvalue weighted by molar-refractivity contribution is -0.122. The monoisotopic (exact) mass is 506 g/mol. The highest BCUT2D eigenvalue weighted by Crippen LogP contribution is 2.37. The first-order valence-electron chi connectivity index (χ1n) is 12.0. The zero-order valence-electron chi connectivity index (χ0n) is 20.7. The highest BCUT2D eigenvalue weighted by Gasteiger charge is 2.33. The van der Waals surface area contributed by atoms with Crippen molar-refractivity contribution < 1.29 is 9.53 Å². The number of amidine groups is 1. The molecule has 0 unspecified atom stereocenters. The van der Waals surface area contributed by atoms with Crippen molar-refractivity contribution in [2.45, 2.75) is 13.5 Å². The number of ether oxygens (including phenoxy) is 1. The van der Waals surface area contributed by atoms with Crippen LogP contribution >= 0.6 is 11.8 Å². The summed E-state index contributed by atoms with van der Waals surface area (Å²) in [6, 6.07) is 27.8. The Bertz CT molecular complexity index is 1560. The van der Waals surface area contributed by atoms with Crippen LogP contribution in [0.3, 0.4) is 0 Å². The summed E-state index contributed by atoms with van der Waals surface area (Å²) in [6.45, 7) is 3.48. The van der Waals surface area contributed by atoms with Crippen molar-refractivity contribution in [2.24, 2.45) is 4.99 Å². The lowest BCUT2D eigenvalue weighted by atomic mass is 10.1. The fourth-order valence-corrected chi connectivity index (χ4v) is 5.50. The van der Waals surface area contributed by atoms with Gasteiger partial charge in [0.1, 0.15) is 0 Å². The summed E-state index contributed by atoms with van der Waals surface area (Å²) in [5.41, 5.74) is 5.51. The number of amides is 1. The molecule has 1 aromatic heterocycles. The molecule has 4 aromatic rings. The molecule has 3 aromatic carbocycles. The quantitative estimate of drug-likeness (QED) is 0.283. The van der Waals surface area contributed by atoms with Crippen LogP contribution in [0.2, 0.25) is 0 Å². The van der Waals surface area contributed by atoms with Gasteiger partial charge in [-0.3, -0.25) is 9.69 Å². The number of aromatic nitrogens is 1. The molecule has 1 amide bonds. The van der Waals surface area contributed by atoms with Crippen molar-refractivity contribution in [3.63, 3.8) is 0 Å². The molecule has 1 aliphatic rings. The van der Waals surface area contributed by atoms with Crippen molar-refractivity contribution in [2.75, 3.05) is 20.3 Å². The molecule has 1 saturated heterocycles. The first kappa shape index (κ1) is 24.6. The largest absolute Gasteiger partial charge is 0.383 e. The number of fused-ring (bicyclic) bond motifs is 1. The number of hydrogen-bond donors (Lipinski definition) is 0. The predicted octanol–water partition coefficient (Wildman–Crippen LogP) is 6.12. The van der Waals surface area contributed by atoms with Crippen LogP contribution in [0.4, 0.5) is 5.69 Å². The molecule has 1 aliphatic heterocycles. The minimum absolute atomic E-state index is 0.0808. The number of rotatable bonds is 7. The Morgan fingerprint density at radius 2 is 1.76 bits per heavy atom. The topological polar surface area (TPSA) is 70.6 Å². The highest BCUT2D eigenvalue weighted by atomic mass is 32.2. The fourth-order valence-electron chi connectivity index (χ4n) is 4.50. The van der Waals surface area contributed by atoms with E-state index in [2.05, 4.69) is 29.7 Å². The molecular formula is C30H26N4O2S. The maximum Gasteiger partial charge on any atom is 0.266 e. The van der Waals surface area contributed by atoms with Gasteiger partial charge in [-0.05, 0) is 54.6 Å². The van der Waals surface area contributed by atoms with Gasteiger partial charge < -0.3 is 9.30 Å². The van der Waals surface area contributed by atoms with Gasteiger partial charge in [-0.25, -0.2) is 4.99 Å². The normalized spacial score (nSPS) is 15.7. The van der Waals surface area contributed by atoms with Crippen LogP contribution in [0.15, 0.2) is 88.8 Å². The van der Waals surface area contributed by atoms with Gasteiger partial charge >= 0.3 is 0 Å². The van der Waals surface area contributed by atoms with Crippen LogP contribution in [0.5, 0.6) is 0 Å². The Kier molecular flexibility index (Phi) is 7.22. The molecule has 5 rings (SSSR count). The van der Waals surface area contributed by atoms with Gasteiger partial charge in [0, 0.05) is 35.8 Å². The van der Waals surface area contributed by atoms with Crippen LogP contribution in [0, 0.1) is 18.3 Å². The van der Waals surface area contributed by atoms with Gasteiger partial charge in [-0.1, -0.05) is 54.6 Å². The summed E-state index contributed by atoms with van der Waals surface area (Å²) in [6.07, 6.45) is 1.98. The summed E-state index contributed by atoms with van der Waals surface area (Å²) < 4.78 is 7.47. The third-order valence-corrected chi connectivity index (χ3v) is 7.42. The van der Waals surface area contributed by atoms with Gasteiger partial charge in [0.25, 0.3) is 5.91 Å². The van der Waals surface area contributed by atoms with E-state index in [0.717, 1.165) is 33.4 Å². The smallest absolute Gasteiger partial charge is 0.266 e. The summed E-state index contributed by atoms with van der Waals surface area (Å²) in [7, 11) is 1.63. The minimum Gasteiger partial charge on any atom is -0.383 e. The number of nitrogens with zero attached hydrogens (tertiary/aromatic N) is 4. The summed E-state index contributed by atoms with van der Waals surface area (Å²) in [5.74, 6) is -0.0808. The summed E-state index contributed by atoms with van der Waals surface area (Å²) >= 11 is 1.38. The van der Waals surface area contributed by atoms with E-state index in [0.29, 0.717) is 35.3 Å². The van der Waals surface area contributed by atoms with Crippen LogP contribution < -0.4 is 0 Å². The number of para-hydroxylation sites is 2. The lowest BCUT2D eigenvalue weighted by Gasteiger charge is -2.14. The Labute approximate surface area is 220 Å². The minimum atomic E-state index is -0.0808. The van der Waals surface area contributed by atoms with E-state index >= 15 is 0 Å². The maximum absolute atomic E-state index is 13.5. The van der Waals surface area contributed by atoms with E-state index in [1.165, 1.54) is 11.8 Å². The van der Waals surface area contributed by atoms with E-state index < -0.39 is 0 Å². The Morgan fingerprint density at radius 3 is 2.54 bits per heavy atom. The summed E-state index contributed by atoms with van der Waals surface area (Å²) in [4.78, 5) is 20.6. The molecule has 7 heteroatoms. The van der Waals surface area contributed by atoms with Crippen LogP contribution in [-0.4, -0.2) is 40.8 Å². The Hall–Kier alpha value is -4.12. The second kappa shape index (κ2) is 10.9. The molecule has 0 aliphatic carbocycles. The first-order valence-corrected chi connectivity index (χ1v) is 12.8. The van der Waals surface area contributed by atoms with Crippen LogP contribution in [0.25, 0.3) is 17.0 Å². The third kappa shape index (κ3) is 4.94. The average Bonchev–Trinajstić information content (AvgIpc) is 3.36. The number of nitriles is 1. The number of benzene rings is 3. The standard InChI is InChI=1S/C30H26N4O2S/c1-21-26(25-14-8-9-15-27(25)34(21)20-23-11-7-6-10-22(23)19-31)18-28-29(35)33(16-17-36-2)30(37-28)32-24-12-4-3-5-13-24/h3-15,18H,16-17,20H2,1-2H3. The van der Waals surface area contributed by atoms with E-state index in [1.54, 1.807) is 12.0 Å². The van der Waals surface area contributed by atoms with Gasteiger partial charge in [0.2, 0.25) is 0 Å². The molecule has 2 heterocycles. The molecule has 0 N–H and O–H groups in total. The fraction of sp³-hybridized carbons (Fsp3) is 0.167. The molecule has 6 nitrogen and oxygen atoms in total. The van der Waals surface area contributed by atoms with Crippen LogP contribution in [0.1, 0.15) is 22.4 Å². The second-order valence-corrected chi connectivity index (χ2v) is 9.67. The van der Waals surface area contributed by atoms with Gasteiger partial charge in [0.15, 0.2) is 5.17 Å². The number of carbonyl (C=O) groups is 1. The molecule has 0 saturated carbocycles. The van der Waals surface area contributed by atoms with Crippen molar-refractivity contribution in [1.29, 1.82) is 5.26 Å². The molecule has 0 atom stereocenters. The van der Waals surface area contributed by atoms with E-state index in [1.807, 2.05) is 72.8 Å². The molecule has 0 bridgehead atoms. The maximum atomic E-state index is 13.5. The van der Waals surface area contributed by atoms with Crippen molar-refractivity contribution in [3.05, 3.63) is 106 Å². The number of hydrogen-bond acceptors (Lipinski definition) is 5. The lowest BCUT2D eigenvalue weighted by Crippen LogP contribution is -2.32. The molecule has 0 radical (unpaired) electrons. The molecule has 1 fully saturated rings. The van der Waals surface area contributed by atoms with Crippen molar-refractivity contribution >= 4 is 45.5 Å². The van der Waals surface area contributed by atoms with Gasteiger partial charge in [0.05, 0.1) is 35.4 Å².